The summed E-state index contributed by atoms with van der Waals surface area (Å²) in [7, 11) is 0. The van der Waals surface area contributed by atoms with Crippen molar-refractivity contribution in [1.29, 1.82) is 0 Å². The summed E-state index contributed by atoms with van der Waals surface area (Å²) in [6.07, 6.45) is 0. The first-order chi connectivity index (χ1) is 31.8. The summed E-state index contributed by atoms with van der Waals surface area (Å²) in [5.41, 5.74) is 9.32. The normalized spacial score (nSPS) is 11.3. The van der Waals surface area contributed by atoms with Crippen molar-refractivity contribution < 1.29 is 0 Å². The van der Waals surface area contributed by atoms with Crippen LogP contribution in [0.1, 0.15) is 13.8 Å². The molecule has 0 amide bonds. The molecule has 2 heteroatoms. The van der Waals surface area contributed by atoms with Crippen LogP contribution in [0, 0.1) is 0 Å². The van der Waals surface area contributed by atoms with Crippen molar-refractivity contribution in [3.63, 3.8) is 0 Å². The predicted octanol–water partition coefficient (Wildman–Crippen LogP) is 18.2. The minimum absolute atomic E-state index is 1.11. The zero-order valence-corrected chi connectivity index (χ0v) is 36.0. The molecule has 0 radical (unpaired) electrons. The molecule has 0 unspecified atom stereocenters. The summed E-state index contributed by atoms with van der Waals surface area (Å²) in [4.78, 5) is 4.97. The van der Waals surface area contributed by atoms with Gasteiger partial charge in [0.2, 0.25) is 0 Å². The predicted molar refractivity (Wildman–Crippen MR) is 278 cm³/mol. The molecule has 12 aromatic carbocycles. The Morgan fingerprint density at radius 1 is 0.219 bits per heavy atom. The summed E-state index contributed by atoms with van der Waals surface area (Å²) >= 11 is 0. The Hall–Kier alpha value is -8.20. The molecule has 12 rings (SSSR count). The quantitative estimate of drug-likeness (QED) is 0.148. The molecule has 2 nitrogen and oxygen atoms in total. The molecule has 0 saturated heterocycles. The van der Waals surface area contributed by atoms with Crippen LogP contribution in [0.3, 0.4) is 0 Å². The maximum absolute atomic E-state index is 2.48. The largest absolute Gasteiger partial charge is 0.309 e. The second-order valence-corrected chi connectivity index (χ2v) is 16.0. The van der Waals surface area contributed by atoms with Crippen molar-refractivity contribution in [2.45, 2.75) is 13.8 Å². The van der Waals surface area contributed by atoms with Gasteiger partial charge in [0.25, 0.3) is 0 Å². The molecule has 0 fully saturated rings. The van der Waals surface area contributed by atoms with Crippen molar-refractivity contribution >= 4 is 98.8 Å². The molecule has 0 atom stereocenters. The molecular weight excluding hydrogens is 773 g/mol. The molecule has 64 heavy (non-hydrogen) atoms. The maximum atomic E-state index is 2.48. The van der Waals surface area contributed by atoms with E-state index in [4.69, 9.17) is 0 Å². The average Bonchev–Trinajstić information content (AvgIpc) is 3.38. The Balaban J connectivity index is 0.00000225. The third kappa shape index (κ3) is 6.34. The summed E-state index contributed by atoms with van der Waals surface area (Å²) in [6.45, 7) is 4.00. The van der Waals surface area contributed by atoms with Gasteiger partial charge in [-0.1, -0.05) is 220 Å². The van der Waals surface area contributed by atoms with Gasteiger partial charge < -0.3 is 9.80 Å². The van der Waals surface area contributed by atoms with Crippen LogP contribution in [0.25, 0.3) is 75.8 Å². The number of anilines is 6. The van der Waals surface area contributed by atoms with Gasteiger partial charge in [-0.15, -0.1) is 0 Å². The summed E-state index contributed by atoms with van der Waals surface area (Å²) in [6, 6.07) is 88.6. The summed E-state index contributed by atoms with van der Waals surface area (Å²) < 4.78 is 0. The molecule has 0 bridgehead atoms. The van der Waals surface area contributed by atoms with E-state index in [2.05, 4.69) is 252 Å². The molecule has 0 aliphatic rings. The minimum atomic E-state index is 1.11. The van der Waals surface area contributed by atoms with E-state index in [0.29, 0.717) is 0 Å². The lowest BCUT2D eigenvalue weighted by atomic mass is 9.84. The first-order valence-electron chi connectivity index (χ1n) is 22.4. The van der Waals surface area contributed by atoms with E-state index in [0.717, 1.165) is 22.7 Å². The zero-order valence-electron chi connectivity index (χ0n) is 36.0. The fraction of sp³-hybridized carbons (Fsp3) is 0.0323. The van der Waals surface area contributed by atoms with Crippen LogP contribution >= 0.6 is 0 Å². The molecule has 0 heterocycles. The highest BCUT2D eigenvalue weighted by Gasteiger charge is 2.27. The highest BCUT2D eigenvalue weighted by molar-refractivity contribution is 6.31. The van der Waals surface area contributed by atoms with E-state index in [-0.39, 0.29) is 0 Å². The Morgan fingerprint density at radius 2 is 0.469 bits per heavy atom. The van der Waals surface area contributed by atoms with Crippen LogP contribution in [0.5, 0.6) is 0 Å². The van der Waals surface area contributed by atoms with Crippen LogP contribution in [0.4, 0.5) is 34.1 Å². The van der Waals surface area contributed by atoms with E-state index in [9.17, 15) is 0 Å². The molecule has 0 saturated carbocycles. The van der Waals surface area contributed by atoms with Crippen molar-refractivity contribution in [1.82, 2.24) is 0 Å². The number of hydrogen-bond acceptors (Lipinski definition) is 2. The van der Waals surface area contributed by atoms with Gasteiger partial charge >= 0.3 is 0 Å². The van der Waals surface area contributed by atoms with Crippen LogP contribution < -0.4 is 9.80 Å². The third-order valence-corrected chi connectivity index (χ3v) is 12.5. The molecular formula is C62H46N2. The van der Waals surface area contributed by atoms with Gasteiger partial charge in [0, 0.05) is 43.7 Å². The van der Waals surface area contributed by atoms with E-state index in [1.165, 1.54) is 87.1 Å². The van der Waals surface area contributed by atoms with Crippen molar-refractivity contribution in [2.24, 2.45) is 0 Å². The van der Waals surface area contributed by atoms with Gasteiger partial charge in [-0.2, -0.15) is 0 Å². The second kappa shape index (κ2) is 16.6. The van der Waals surface area contributed by atoms with Gasteiger partial charge in [-0.3, -0.25) is 0 Å². The lowest BCUT2D eigenvalue weighted by Gasteiger charge is -2.32. The number of hydrogen-bond donors (Lipinski definition) is 0. The van der Waals surface area contributed by atoms with Crippen LogP contribution in [-0.4, -0.2) is 0 Å². The Bertz CT molecular complexity index is 3280. The van der Waals surface area contributed by atoms with Gasteiger partial charge in [-0.05, 0) is 79.8 Å². The van der Waals surface area contributed by atoms with Crippen LogP contribution in [-0.2, 0) is 0 Å². The van der Waals surface area contributed by atoms with Crippen LogP contribution in [0.2, 0.25) is 0 Å². The van der Waals surface area contributed by atoms with Gasteiger partial charge in [-0.25, -0.2) is 0 Å². The summed E-state index contributed by atoms with van der Waals surface area (Å²) in [5, 5.41) is 14.4. The van der Waals surface area contributed by atoms with E-state index in [1.54, 1.807) is 0 Å². The Labute approximate surface area is 374 Å². The van der Waals surface area contributed by atoms with Crippen molar-refractivity contribution in [2.75, 3.05) is 9.80 Å². The molecule has 0 spiro atoms. The summed E-state index contributed by atoms with van der Waals surface area (Å²) in [5.74, 6) is 0. The number of para-hydroxylation sites is 2. The second-order valence-electron chi connectivity index (χ2n) is 16.0. The highest BCUT2D eigenvalue weighted by Crippen LogP contribution is 2.54. The number of benzene rings is 12. The maximum Gasteiger partial charge on any atom is 0.0619 e. The number of rotatable bonds is 7. The lowest BCUT2D eigenvalue weighted by molar-refractivity contribution is 1.32. The topological polar surface area (TPSA) is 6.48 Å². The zero-order chi connectivity index (χ0) is 43.0. The smallest absolute Gasteiger partial charge is 0.0619 e. The first-order valence-corrected chi connectivity index (χ1v) is 22.4. The van der Waals surface area contributed by atoms with Crippen LogP contribution in [0.15, 0.2) is 243 Å². The number of fused-ring (bicyclic) bond motifs is 6. The molecule has 0 aliphatic carbocycles. The van der Waals surface area contributed by atoms with Crippen molar-refractivity contribution in [3.05, 3.63) is 243 Å². The van der Waals surface area contributed by atoms with Gasteiger partial charge in [0.15, 0.2) is 0 Å². The average molecular weight is 819 g/mol. The lowest BCUT2D eigenvalue weighted by Crippen LogP contribution is -2.12. The SMILES string of the molecule is CC.c1ccc(N(c2cccc3ccccc23)c2c3ccccc3c(-c3c4ccccc4c(N(c4ccccc4)c4cccc5ccccc45)c4ccccc34)c3ccccc23)cc1. The van der Waals surface area contributed by atoms with Crippen molar-refractivity contribution in [3.8, 4) is 11.1 Å². The molecule has 0 N–H and O–H groups in total. The highest BCUT2D eigenvalue weighted by atomic mass is 15.2. The van der Waals surface area contributed by atoms with E-state index in [1.807, 2.05) is 13.8 Å². The fourth-order valence-electron chi connectivity index (χ4n) is 9.97. The van der Waals surface area contributed by atoms with E-state index >= 15 is 0 Å². The Morgan fingerprint density at radius 3 is 0.797 bits per heavy atom. The third-order valence-electron chi connectivity index (χ3n) is 12.5. The van der Waals surface area contributed by atoms with Gasteiger partial charge in [0.05, 0.1) is 22.7 Å². The molecule has 304 valence electrons. The molecule has 0 aromatic heterocycles. The fourth-order valence-corrected chi connectivity index (χ4v) is 9.97. The Kier molecular flexibility index (Phi) is 10.0. The standard InChI is InChI=1S/C60H40N2.C2H6/c1-3-25-43(26-4-1)61(55-39-19-23-41-21-7-9-29-45(41)55)59-51-35-15-11-31-47(51)57(48-32-12-16-36-52(48)59)58-49-33-13-17-37-53(49)60(54-38-18-14-34-50(54)58)62(44-27-5-2-6-28-44)56-40-20-24-42-22-8-10-30-46(42)56;1-2/h1-40H;1-2H3. The minimum Gasteiger partial charge on any atom is -0.309 e. The molecule has 0 aliphatic heterocycles. The monoisotopic (exact) mass is 818 g/mol. The van der Waals surface area contributed by atoms with Gasteiger partial charge in [0.1, 0.15) is 0 Å². The molecule has 12 aromatic rings. The first kappa shape index (κ1) is 38.7. The van der Waals surface area contributed by atoms with E-state index < -0.39 is 0 Å². The number of nitrogens with zero attached hydrogens (tertiary/aromatic N) is 2.